The Morgan fingerprint density at radius 2 is 1.85 bits per heavy atom. The van der Waals surface area contributed by atoms with Crippen molar-refractivity contribution in [2.24, 2.45) is 0 Å². The van der Waals surface area contributed by atoms with Gasteiger partial charge < -0.3 is 24.6 Å². The van der Waals surface area contributed by atoms with E-state index in [-0.39, 0.29) is 5.56 Å². The molecular formula is C31H40N4O4S. The standard InChI is InChI=1S/C25H27N3O2S.C6H13NO2/c29-25-9-7-19-6-8-20(18-22(19)26-25)30-16-2-1-11-27-12-14-28(15-13-27)23-4-3-5-24-21(23)10-17-31-24;1-3-4-5-7(2)6(8)9/h3-10,17-18H,1-2,11-16H2,(H,26,29);3-5H2,1-2H3,(H,8,9). The Hall–Kier alpha value is -3.56. The van der Waals surface area contributed by atoms with Gasteiger partial charge in [-0.05, 0) is 73.0 Å². The highest BCUT2D eigenvalue weighted by molar-refractivity contribution is 7.17. The van der Waals surface area contributed by atoms with Crippen molar-refractivity contribution in [2.45, 2.75) is 32.6 Å². The van der Waals surface area contributed by atoms with E-state index in [4.69, 9.17) is 9.84 Å². The van der Waals surface area contributed by atoms with E-state index in [2.05, 4.69) is 44.4 Å². The number of aromatic nitrogens is 1. The van der Waals surface area contributed by atoms with Crippen LogP contribution in [-0.2, 0) is 0 Å². The second kappa shape index (κ2) is 14.7. The highest BCUT2D eigenvalue weighted by Gasteiger charge is 2.18. The lowest BCUT2D eigenvalue weighted by Crippen LogP contribution is -2.46. The second-order valence-corrected chi connectivity index (χ2v) is 11.1. The molecule has 0 saturated carbocycles. The molecule has 40 heavy (non-hydrogen) atoms. The quantitative estimate of drug-likeness (QED) is 0.226. The smallest absolute Gasteiger partial charge is 0.407 e. The number of thiophene rings is 1. The number of nitrogens with zero attached hydrogens (tertiary/aromatic N) is 3. The number of amides is 1. The Morgan fingerprint density at radius 3 is 2.62 bits per heavy atom. The first-order valence-corrected chi connectivity index (χ1v) is 15.0. The van der Waals surface area contributed by atoms with E-state index in [0.717, 1.165) is 75.1 Å². The van der Waals surface area contributed by atoms with Crippen molar-refractivity contribution in [1.29, 1.82) is 0 Å². The zero-order valence-electron chi connectivity index (χ0n) is 23.5. The molecular weight excluding hydrogens is 524 g/mol. The van der Waals surface area contributed by atoms with Gasteiger partial charge in [0.05, 0.1) is 12.1 Å². The third-order valence-corrected chi connectivity index (χ3v) is 8.08. The molecule has 9 heteroatoms. The lowest BCUT2D eigenvalue weighted by molar-refractivity contribution is 0.155. The zero-order valence-corrected chi connectivity index (χ0v) is 24.3. The molecule has 3 heterocycles. The summed E-state index contributed by atoms with van der Waals surface area (Å²) in [6.07, 6.45) is 3.30. The van der Waals surface area contributed by atoms with Gasteiger partial charge in [0.1, 0.15) is 5.75 Å². The molecule has 2 aromatic heterocycles. The first kappa shape index (κ1) is 29.4. The van der Waals surface area contributed by atoms with Gasteiger partial charge in [0, 0.05) is 67.7 Å². The van der Waals surface area contributed by atoms with E-state index in [1.807, 2.05) is 42.5 Å². The summed E-state index contributed by atoms with van der Waals surface area (Å²) in [5.41, 5.74) is 2.11. The number of hydrogen-bond acceptors (Lipinski definition) is 6. The van der Waals surface area contributed by atoms with Crippen molar-refractivity contribution in [3.05, 3.63) is 70.3 Å². The molecule has 5 rings (SSSR count). The Kier molecular flexibility index (Phi) is 10.8. The molecule has 1 saturated heterocycles. The van der Waals surface area contributed by atoms with Gasteiger partial charge in [-0.15, -0.1) is 11.3 Å². The molecule has 2 aromatic carbocycles. The predicted molar refractivity (Wildman–Crippen MR) is 165 cm³/mol. The maximum Gasteiger partial charge on any atom is 0.407 e. The van der Waals surface area contributed by atoms with Crippen molar-refractivity contribution in [3.8, 4) is 5.75 Å². The fourth-order valence-electron chi connectivity index (χ4n) is 4.80. The number of carbonyl (C=O) groups is 1. The van der Waals surface area contributed by atoms with Crippen LogP contribution in [0.15, 0.2) is 64.8 Å². The normalized spacial score (nSPS) is 13.7. The minimum Gasteiger partial charge on any atom is -0.494 e. The third-order valence-electron chi connectivity index (χ3n) is 7.19. The number of rotatable bonds is 10. The van der Waals surface area contributed by atoms with Gasteiger partial charge in [-0.1, -0.05) is 19.4 Å². The van der Waals surface area contributed by atoms with Crippen LogP contribution < -0.4 is 15.2 Å². The topological polar surface area (TPSA) is 89.1 Å². The Bertz CT molecular complexity index is 1430. The van der Waals surface area contributed by atoms with E-state index < -0.39 is 6.09 Å². The van der Waals surface area contributed by atoms with Gasteiger partial charge in [-0.25, -0.2) is 4.79 Å². The number of nitrogens with one attached hydrogen (secondary N) is 1. The third kappa shape index (κ3) is 8.22. The monoisotopic (exact) mass is 564 g/mol. The van der Waals surface area contributed by atoms with Crippen LogP contribution in [0.4, 0.5) is 10.5 Å². The van der Waals surface area contributed by atoms with Crippen LogP contribution in [0.5, 0.6) is 5.75 Å². The number of aromatic amines is 1. The van der Waals surface area contributed by atoms with Crippen molar-refractivity contribution in [2.75, 3.05) is 57.8 Å². The van der Waals surface area contributed by atoms with E-state index in [9.17, 15) is 9.59 Å². The molecule has 0 atom stereocenters. The van der Waals surface area contributed by atoms with E-state index in [1.165, 1.54) is 20.7 Å². The first-order valence-electron chi connectivity index (χ1n) is 14.1. The Morgan fingerprint density at radius 1 is 1.05 bits per heavy atom. The van der Waals surface area contributed by atoms with Crippen LogP contribution in [0.3, 0.4) is 0 Å². The highest BCUT2D eigenvalue weighted by Crippen LogP contribution is 2.31. The molecule has 0 unspecified atom stereocenters. The number of anilines is 1. The number of H-pyrrole nitrogens is 1. The molecule has 0 aliphatic carbocycles. The van der Waals surface area contributed by atoms with Crippen LogP contribution in [0, 0.1) is 0 Å². The van der Waals surface area contributed by atoms with Crippen LogP contribution >= 0.6 is 11.3 Å². The number of fused-ring (bicyclic) bond motifs is 2. The van der Waals surface area contributed by atoms with E-state index in [1.54, 1.807) is 13.1 Å². The summed E-state index contributed by atoms with van der Waals surface area (Å²) >= 11 is 1.82. The number of piperazine rings is 1. The number of unbranched alkanes of at least 4 members (excludes halogenated alkanes) is 2. The Balaban J connectivity index is 0.000000357. The SMILES string of the molecule is CCCCN(C)C(=O)O.O=c1ccc2ccc(OCCCCN3CCN(c4cccc5sccc45)CC3)cc2[nH]1. The van der Waals surface area contributed by atoms with Crippen molar-refractivity contribution in [1.82, 2.24) is 14.8 Å². The number of pyridine rings is 1. The lowest BCUT2D eigenvalue weighted by Gasteiger charge is -2.36. The highest BCUT2D eigenvalue weighted by atomic mass is 32.1. The molecule has 1 amide bonds. The largest absolute Gasteiger partial charge is 0.494 e. The van der Waals surface area contributed by atoms with Crippen molar-refractivity contribution >= 4 is 44.1 Å². The van der Waals surface area contributed by atoms with Crippen LogP contribution in [0.2, 0.25) is 0 Å². The average Bonchev–Trinajstić information content (AvgIpc) is 3.45. The molecule has 8 nitrogen and oxygen atoms in total. The summed E-state index contributed by atoms with van der Waals surface area (Å²) < 4.78 is 7.28. The lowest BCUT2D eigenvalue weighted by atomic mass is 10.2. The summed E-state index contributed by atoms with van der Waals surface area (Å²) in [5.74, 6) is 0.811. The molecule has 1 aliphatic heterocycles. The van der Waals surface area contributed by atoms with Crippen molar-refractivity contribution in [3.63, 3.8) is 0 Å². The number of hydrogen-bond donors (Lipinski definition) is 2. The Labute approximate surface area is 239 Å². The molecule has 1 aliphatic rings. The van der Waals surface area contributed by atoms with Gasteiger partial charge in [-0.2, -0.15) is 0 Å². The van der Waals surface area contributed by atoms with Crippen LogP contribution in [0.1, 0.15) is 32.6 Å². The molecule has 4 aromatic rings. The van der Waals surface area contributed by atoms with Crippen LogP contribution in [0.25, 0.3) is 21.0 Å². The first-order chi connectivity index (χ1) is 19.4. The molecule has 1 fully saturated rings. The van der Waals surface area contributed by atoms with Gasteiger partial charge in [0.25, 0.3) is 0 Å². The van der Waals surface area contributed by atoms with Gasteiger partial charge in [-0.3, -0.25) is 9.69 Å². The van der Waals surface area contributed by atoms with Gasteiger partial charge in [0.15, 0.2) is 0 Å². The predicted octanol–water partition coefficient (Wildman–Crippen LogP) is 6.12. The van der Waals surface area contributed by atoms with Crippen molar-refractivity contribution < 1.29 is 14.6 Å². The summed E-state index contributed by atoms with van der Waals surface area (Å²) in [7, 11) is 1.58. The maximum absolute atomic E-state index is 11.5. The fourth-order valence-corrected chi connectivity index (χ4v) is 5.61. The zero-order chi connectivity index (χ0) is 28.3. The van der Waals surface area contributed by atoms with E-state index >= 15 is 0 Å². The minimum atomic E-state index is -0.844. The van der Waals surface area contributed by atoms with Gasteiger partial charge in [0.2, 0.25) is 5.56 Å². The van der Waals surface area contributed by atoms with Gasteiger partial charge >= 0.3 is 6.09 Å². The molecule has 0 spiro atoms. The molecule has 214 valence electrons. The number of carboxylic acid groups (broad SMARTS) is 1. The fraction of sp³-hybridized carbons (Fsp3) is 0.419. The summed E-state index contributed by atoms with van der Waals surface area (Å²) in [4.78, 5) is 30.9. The average molecular weight is 565 g/mol. The summed E-state index contributed by atoms with van der Waals surface area (Å²) in [6.45, 7) is 8.88. The molecule has 0 bridgehead atoms. The maximum atomic E-state index is 11.5. The second-order valence-electron chi connectivity index (χ2n) is 10.1. The minimum absolute atomic E-state index is 0.0863. The summed E-state index contributed by atoms with van der Waals surface area (Å²) in [6, 6.07) is 18.1. The molecule has 2 N–H and O–H groups in total. The van der Waals surface area contributed by atoms with Crippen LogP contribution in [-0.4, -0.2) is 78.9 Å². The van der Waals surface area contributed by atoms with E-state index in [0.29, 0.717) is 13.2 Å². The number of ether oxygens (including phenoxy) is 1. The summed E-state index contributed by atoms with van der Waals surface area (Å²) in [5, 5.41) is 12.9. The number of benzene rings is 2. The molecule has 0 radical (unpaired) electrons.